The van der Waals surface area contributed by atoms with Crippen molar-refractivity contribution >= 4 is 33.9 Å². The van der Waals surface area contributed by atoms with E-state index in [1.165, 1.54) is 19.1 Å². The molecule has 0 saturated carbocycles. The Morgan fingerprint density at radius 1 is 1.33 bits per heavy atom. The summed E-state index contributed by atoms with van der Waals surface area (Å²) in [6.07, 6.45) is 3.84. The van der Waals surface area contributed by atoms with Crippen LogP contribution in [0.5, 0.6) is 5.75 Å². The fraction of sp³-hybridized carbons (Fsp3) is 0.294. The van der Waals surface area contributed by atoms with Crippen molar-refractivity contribution in [2.45, 2.75) is 12.8 Å². The van der Waals surface area contributed by atoms with Gasteiger partial charge in [0.2, 0.25) is 5.88 Å². The number of rotatable bonds is 5. The second-order valence-corrected chi connectivity index (χ2v) is 6.28. The molecule has 1 amide bonds. The predicted molar refractivity (Wildman–Crippen MR) is 95.9 cm³/mol. The Morgan fingerprint density at radius 3 is 2.71 bits per heavy atom. The van der Waals surface area contributed by atoms with E-state index in [4.69, 9.17) is 9.15 Å². The van der Waals surface area contributed by atoms with Gasteiger partial charge in [-0.15, -0.1) is 0 Å². The molecule has 1 aromatic heterocycles. The Hall–Kier alpha value is -2.28. The van der Waals surface area contributed by atoms with Crippen LogP contribution in [-0.2, 0) is 0 Å². The molecule has 3 rings (SSSR count). The molecule has 1 aliphatic heterocycles. The van der Waals surface area contributed by atoms with Gasteiger partial charge in [-0.2, -0.15) is 5.10 Å². The van der Waals surface area contributed by atoms with Crippen molar-refractivity contribution in [1.82, 2.24) is 5.43 Å². The minimum absolute atomic E-state index is 0.292. The first-order valence-electron chi connectivity index (χ1n) is 7.69. The summed E-state index contributed by atoms with van der Waals surface area (Å²) in [5, 5.41) is 3.95. The lowest BCUT2D eigenvalue weighted by Crippen LogP contribution is -2.17. The second kappa shape index (κ2) is 7.53. The van der Waals surface area contributed by atoms with Crippen molar-refractivity contribution in [3.63, 3.8) is 0 Å². The maximum absolute atomic E-state index is 12.0. The van der Waals surface area contributed by atoms with Crippen LogP contribution in [-0.4, -0.2) is 32.3 Å². The van der Waals surface area contributed by atoms with Gasteiger partial charge < -0.3 is 14.1 Å². The van der Waals surface area contributed by atoms with Crippen LogP contribution in [0.3, 0.4) is 0 Å². The summed E-state index contributed by atoms with van der Waals surface area (Å²) in [4.78, 5) is 14.2. The van der Waals surface area contributed by atoms with Crippen molar-refractivity contribution < 1.29 is 13.9 Å². The summed E-state index contributed by atoms with van der Waals surface area (Å²) in [5.74, 6) is 1.80. The smallest absolute Gasteiger partial charge is 0.271 e. The number of halogens is 1. The number of benzene rings is 1. The lowest BCUT2D eigenvalue weighted by Gasteiger charge is -2.13. The van der Waals surface area contributed by atoms with Crippen molar-refractivity contribution in [3.8, 4) is 5.75 Å². The standard InChI is InChI=1S/C17H18BrN3O3/c1-23-13-6-4-12(5-7-13)16(22)20-19-11-14-10-15(18)17(24-14)21-8-2-3-9-21/h4-7,10-11H,2-3,8-9H2,1H3,(H,20,22)/b19-11-. The van der Waals surface area contributed by atoms with Crippen LogP contribution in [0.4, 0.5) is 5.88 Å². The molecule has 0 bridgehead atoms. The third-order valence-electron chi connectivity index (χ3n) is 3.79. The Balaban J connectivity index is 1.61. The summed E-state index contributed by atoms with van der Waals surface area (Å²) >= 11 is 3.50. The quantitative estimate of drug-likeness (QED) is 0.626. The normalized spacial score (nSPS) is 14.3. The van der Waals surface area contributed by atoms with Gasteiger partial charge in [0.15, 0.2) is 5.76 Å². The first kappa shape index (κ1) is 16.6. The van der Waals surface area contributed by atoms with E-state index >= 15 is 0 Å². The van der Waals surface area contributed by atoms with E-state index in [0.29, 0.717) is 17.1 Å². The van der Waals surface area contributed by atoms with Gasteiger partial charge in [0.05, 0.1) is 17.8 Å². The SMILES string of the molecule is COc1ccc(C(=O)N/N=C\c2cc(Br)c(N3CCCC3)o2)cc1. The van der Waals surface area contributed by atoms with Crippen molar-refractivity contribution in [2.24, 2.45) is 5.10 Å². The molecule has 7 heteroatoms. The molecule has 1 saturated heterocycles. The summed E-state index contributed by atoms with van der Waals surface area (Å²) in [7, 11) is 1.58. The lowest BCUT2D eigenvalue weighted by molar-refractivity contribution is 0.0955. The minimum Gasteiger partial charge on any atom is -0.497 e. The number of carbonyl (C=O) groups is 1. The fourth-order valence-electron chi connectivity index (χ4n) is 2.54. The third-order valence-corrected chi connectivity index (χ3v) is 4.36. The van der Waals surface area contributed by atoms with E-state index in [1.54, 1.807) is 31.4 Å². The Morgan fingerprint density at radius 2 is 2.04 bits per heavy atom. The van der Waals surface area contributed by atoms with Gasteiger partial charge in [0.1, 0.15) is 5.75 Å². The summed E-state index contributed by atoms with van der Waals surface area (Å²) in [6, 6.07) is 8.66. The highest BCUT2D eigenvalue weighted by Gasteiger charge is 2.19. The molecule has 1 N–H and O–H groups in total. The molecule has 0 atom stereocenters. The molecule has 1 aromatic carbocycles. The van der Waals surface area contributed by atoms with Gasteiger partial charge in [-0.3, -0.25) is 4.79 Å². The average molecular weight is 392 g/mol. The summed E-state index contributed by atoms with van der Waals surface area (Å²) in [5.41, 5.74) is 2.99. The Labute approximate surface area is 148 Å². The average Bonchev–Trinajstić information content (AvgIpc) is 3.24. The van der Waals surface area contributed by atoms with Crippen LogP contribution < -0.4 is 15.1 Å². The highest BCUT2D eigenvalue weighted by Crippen LogP contribution is 2.31. The number of hydrogen-bond acceptors (Lipinski definition) is 5. The molecular formula is C17H18BrN3O3. The zero-order chi connectivity index (χ0) is 16.9. The fourth-order valence-corrected chi connectivity index (χ4v) is 3.09. The van der Waals surface area contributed by atoms with Crippen LogP contribution in [0.25, 0.3) is 0 Å². The number of anilines is 1. The van der Waals surface area contributed by atoms with Crippen LogP contribution in [0.1, 0.15) is 29.0 Å². The number of nitrogens with one attached hydrogen (secondary N) is 1. The van der Waals surface area contributed by atoms with Gasteiger partial charge >= 0.3 is 0 Å². The molecule has 0 unspecified atom stereocenters. The lowest BCUT2D eigenvalue weighted by atomic mass is 10.2. The highest BCUT2D eigenvalue weighted by molar-refractivity contribution is 9.10. The number of amides is 1. The Kier molecular flexibility index (Phi) is 5.20. The van der Waals surface area contributed by atoms with E-state index in [-0.39, 0.29) is 5.91 Å². The molecule has 0 aliphatic carbocycles. The van der Waals surface area contributed by atoms with Crippen molar-refractivity contribution in [1.29, 1.82) is 0 Å². The number of nitrogens with zero attached hydrogens (tertiary/aromatic N) is 2. The van der Waals surface area contributed by atoms with Crippen LogP contribution in [0, 0.1) is 0 Å². The number of furan rings is 1. The molecule has 0 radical (unpaired) electrons. The number of hydrazone groups is 1. The summed E-state index contributed by atoms with van der Waals surface area (Å²) < 4.78 is 11.7. The molecule has 1 fully saturated rings. The van der Waals surface area contributed by atoms with E-state index in [9.17, 15) is 4.79 Å². The number of carbonyl (C=O) groups excluding carboxylic acids is 1. The molecule has 2 heterocycles. The largest absolute Gasteiger partial charge is 0.497 e. The van der Waals surface area contributed by atoms with E-state index in [2.05, 4.69) is 31.4 Å². The maximum Gasteiger partial charge on any atom is 0.271 e. The van der Waals surface area contributed by atoms with Crippen LogP contribution in [0.15, 0.2) is 44.3 Å². The van der Waals surface area contributed by atoms with E-state index < -0.39 is 0 Å². The topological polar surface area (TPSA) is 67.1 Å². The molecule has 6 nitrogen and oxygen atoms in total. The minimum atomic E-state index is -0.292. The van der Waals surface area contributed by atoms with Crippen molar-refractivity contribution in [3.05, 3.63) is 46.1 Å². The first-order chi connectivity index (χ1) is 11.7. The zero-order valence-electron chi connectivity index (χ0n) is 13.3. The Bertz CT molecular complexity index is 734. The second-order valence-electron chi connectivity index (χ2n) is 5.42. The molecule has 24 heavy (non-hydrogen) atoms. The molecule has 0 spiro atoms. The predicted octanol–water partition coefficient (Wildman–Crippen LogP) is 3.41. The van der Waals surface area contributed by atoms with Crippen molar-refractivity contribution in [2.75, 3.05) is 25.1 Å². The first-order valence-corrected chi connectivity index (χ1v) is 8.48. The zero-order valence-corrected chi connectivity index (χ0v) is 14.9. The molecule has 2 aromatic rings. The molecule has 1 aliphatic rings. The van der Waals surface area contributed by atoms with Gasteiger partial charge in [-0.1, -0.05) is 0 Å². The monoisotopic (exact) mass is 391 g/mol. The number of hydrogen-bond donors (Lipinski definition) is 1. The molecular weight excluding hydrogens is 374 g/mol. The van der Waals surface area contributed by atoms with E-state index in [0.717, 1.165) is 23.4 Å². The van der Waals surface area contributed by atoms with Crippen LogP contribution >= 0.6 is 15.9 Å². The van der Waals surface area contributed by atoms with Gasteiger partial charge in [0.25, 0.3) is 5.91 Å². The van der Waals surface area contributed by atoms with Crippen LogP contribution in [0.2, 0.25) is 0 Å². The van der Waals surface area contributed by atoms with Gasteiger partial charge in [-0.25, -0.2) is 5.43 Å². The van der Waals surface area contributed by atoms with Gasteiger partial charge in [-0.05, 0) is 53.0 Å². The highest BCUT2D eigenvalue weighted by atomic mass is 79.9. The summed E-state index contributed by atoms with van der Waals surface area (Å²) in [6.45, 7) is 1.99. The number of ether oxygens (including phenoxy) is 1. The van der Waals surface area contributed by atoms with Gasteiger partial charge in [0, 0.05) is 24.7 Å². The van der Waals surface area contributed by atoms with E-state index in [1.807, 2.05) is 6.07 Å². The maximum atomic E-state index is 12.0. The molecule has 126 valence electrons. The third kappa shape index (κ3) is 3.79. The number of methoxy groups -OCH3 is 1.